The number of allylic oxidation sites excluding steroid dienone is 1. The lowest BCUT2D eigenvalue weighted by Crippen LogP contribution is -2.15. The molecule has 0 spiro atoms. The summed E-state index contributed by atoms with van der Waals surface area (Å²) < 4.78 is 34.2. The predicted octanol–water partition coefficient (Wildman–Crippen LogP) is 9.86. The molecule has 3 heteroatoms. The van der Waals surface area contributed by atoms with Crippen molar-refractivity contribution < 1.29 is 13.5 Å². The smallest absolute Gasteiger partial charge is 0.201 e. The molecule has 0 bridgehead atoms. The molecule has 0 unspecified atom stereocenters. The summed E-state index contributed by atoms with van der Waals surface area (Å²) in [6.07, 6.45) is 17.6. The zero-order valence-corrected chi connectivity index (χ0v) is 21.6. The normalized spacial score (nSPS) is 25.1. The Morgan fingerprint density at radius 2 is 1.40 bits per heavy atom. The number of ether oxygens (including phenoxy) is 1. The molecule has 2 aliphatic rings. The van der Waals surface area contributed by atoms with E-state index in [1.165, 1.54) is 62.3 Å². The zero-order chi connectivity index (χ0) is 24.6. The maximum atomic E-state index is 14.7. The van der Waals surface area contributed by atoms with Gasteiger partial charge in [0.05, 0.1) is 6.26 Å². The highest BCUT2D eigenvalue weighted by molar-refractivity contribution is 5.34. The molecular weight excluding hydrogens is 438 g/mol. The molecule has 0 heterocycles. The number of rotatable bonds is 9. The van der Waals surface area contributed by atoms with E-state index in [9.17, 15) is 8.78 Å². The average Bonchev–Trinajstić information content (AvgIpc) is 2.90. The number of halogens is 2. The van der Waals surface area contributed by atoms with Gasteiger partial charge >= 0.3 is 0 Å². The SMILES string of the molecule is CC=COc1ccc(C2CCC(CCc3ccc(C4CCC(CCC)CC4)cc3)CC2)c(F)c1F. The van der Waals surface area contributed by atoms with Gasteiger partial charge in [-0.1, -0.05) is 56.2 Å². The van der Waals surface area contributed by atoms with E-state index >= 15 is 0 Å². The minimum atomic E-state index is -0.875. The van der Waals surface area contributed by atoms with Crippen LogP contribution >= 0.6 is 0 Å². The van der Waals surface area contributed by atoms with Gasteiger partial charge in [-0.3, -0.25) is 0 Å². The summed E-state index contributed by atoms with van der Waals surface area (Å²) in [6, 6.07) is 12.7. The third-order valence-corrected chi connectivity index (χ3v) is 8.53. The fraction of sp³-hybridized carbons (Fsp3) is 0.562. The van der Waals surface area contributed by atoms with Crippen LogP contribution in [0.1, 0.15) is 113 Å². The summed E-state index contributed by atoms with van der Waals surface area (Å²) in [5.41, 5.74) is 3.47. The van der Waals surface area contributed by atoms with E-state index in [0.29, 0.717) is 11.5 Å². The number of benzene rings is 2. The quantitative estimate of drug-likeness (QED) is 0.324. The van der Waals surface area contributed by atoms with E-state index in [4.69, 9.17) is 4.74 Å². The van der Waals surface area contributed by atoms with Crippen molar-refractivity contribution >= 4 is 0 Å². The van der Waals surface area contributed by atoms with Gasteiger partial charge < -0.3 is 4.74 Å². The third-order valence-electron chi connectivity index (χ3n) is 8.53. The lowest BCUT2D eigenvalue weighted by Gasteiger charge is -2.29. The molecule has 4 rings (SSSR count). The molecule has 0 atom stereocenters. The molecule has 0 saturated heterocycles. The fourth-order valence-corrected chi connectivity index (χ4v) is 6.38. The van der Waals surface area contributed by atoms with Crippen LogP contribution in [0.3, 0.4) is 0 Å². The van der Waals surface area contributed by atoms with Crippen LogP contribution in [0.2, 0.25) is 0 Å². The Morgan fingerprint density at radius 3 is 2.03 bits per heavy atom. The Balaban J connectivity index is 1.23. The number of aryl methyl sites for hydroxylation is 1. The first-order valence-corrected chi connectivity index (χ1v) is 13.9. The van der Waals surface area contributed by atoms with Gasteiger partial charge in [0.25, 0.3) is 0 Å². The van der Waals surface area contributed by atoms with Gasteiger partial charge in [-0.15, -0.1) is 0 Å². The van der Waals surface area contributed by atoms with Crippen molar-refractivity contribution in [2.45, 2.75) is 103 Å². The molecular formula is C32H42F2O. The standard InChI is InChI=1S/C32H42F2O/c1-3-5-23-8-14-26(15-9-23)27-16-10-24(11-17-27)6-7-25-12-18-28(19-13-25)29-20-21-30(35-22-4-2)32(34)31(29)33/h4,10-11,16-17,20-23,25-26,28H,3,5-9,12-15,18-19H2,1-2H3. The molecule has 2 aliphatic carbocycles. The van der Waals surface area contributed by atoms with Crippen LogP contribution < -0.4 is 4.74 Å². The van der Waals surface area contributed by atoms with Gasteiger partial charge in [-0.2, -0.15) is 4.39 Å². The summed E-state index contributed by atoms with van der Waals surface area (Å²) >= 11 is 0. The van der Waals surface area contributed by atoms with Crippen LogP contribution in [0.5, 0.6) is 5.75 Å². The van der Waals surface area contributed by atoms with Crippen molar-refractivity contribution in [3.8, 4) is 5.75 Å². The molecule has 2 fully saturated rings. The van der Waals surface area contributed by atoms with E-state index in [2.05, 4.69) is 31.2 Å². The van der Waals surface area contributed by atoms with Crippen LogP contribution in [-0.2, 0) is 6.42 Å². The topological polar surface area (TPSA) is 9.23 Å². The molecule has 35 heavy (non-hydrogen) atoms. The molecule has 2 saturated carbocycles. The van der Waals surface area contributed by atoms with E-state index in [1.54, 1.807) is 25.1 Å². The predicted molar refractivity (Wildman–Crippen MR) is 141 cm³/mol. The average molecular weight is 481 g/mol. The second-order valence-corrected chi connectivity index (χ2v) is 10.9. The van der Waals surface area contributed by atoms with Gasteiger partial charge in [-0.05, 0) is 118 Å². The lowest BCUT2D eigenvalue weighted by atomic mass is 9.76. The molecule has 190 valence electrons. The Hall–Kier alpha value is -2.16. The number of hydrogen-bond donors (Lipinski definition) is 0. The highest BCUT2D eigenvalue weighted by atomic mass is 19.2. The summed E-state index contributed by atoms with van der Waals surface area (Å²) in [7, 11) is 0. The highest BCUT2D eigenvalue weighted by Gasteiger charge is 2.27. The molecule has 2 aromatic carbocycles. The van der Waals surface area contributed by atoms with Gasteiger partial charge in [0.2, 0.25) is 5.82 Å². The van der Waals surface area contributed by atoms with Gasteiger partial charge in [0.15, 0.2) is 11.6 Å². The number of hydrogen-bond acceptors (Lipinski definition) is 1. The van der Waals surface area contributed by atoms with E-state index in [-0.39, 0.29) is 11.7 Å². The van der Waals surface area contributed by atoms with Crippen molar-refractivity contribution in [3.05, 3.63) is 77.1 Å². The minimum absolute atomic E-state index is 0.0479. The third kappa shape index (κ3) is 6.74. The summed E-state index contributed by atoms with van der Waals surface area (Å²) in [5.74, 6) is 0.815. The summed E-state index contributed by atoms with van der Waals surface area (Å²) in [5, 5.41) is 0. The minimum Gasteiger partial charge on any atom is -0.462 e. The van der Waals surface area contributed by atoms with E-state index in [1.807, 2.05) is 0 Å². The van der Waals surface area contributed by atoms with Crippen LogP contribution in [0.4, 0.5) is 8.78 Å². The first-order valence-electron chi connectivity index (χ1n) is 13.9. The monoisotopic (exact) mass is 480 g/mol. The largest absolute Gasteiger partial charge is 0.462 e. The first kappa shape index (κ1) is 25.9. The molecule has 0 aromatic heterocycles. The summed E-state index contributed by atoms with van der Waals surface area (Å²) in [4.78, 5) is 0. The maximum Gasteiger partial charge on any atom is 0.201 e. The Morgan fingerprint density at radius 1 is 0.771 bits per heavy atom. The molecule has 0 N–H and O–H groups in total. The molecule has 0 radical (unpaired) electrons. The Bertz CT molecular complexity index is 948. The van der Waals surface area contributed by atoms with Crippen LogP contribution in [-0.4, -0.2) is 0 Å². The maximum absolute atomic E-state index is 14.7. The van der Waals surface area contributed by atoms with Gasteiger partial charge in [0, 0.05) is 0 Å². The molecule has 2 aromatic rings. The van der Waals surface area contributed by atoms with Crippen molar-refractivity contribution in [3.63, 3.8) is 0 Å². The van der Waals surface area contributed by atoms with E-state index < -0.39 is 11.6 Å². The second kappa shape index (κ2) is 12.7. The van der Waals surface area contributed by atoms with Crippen molar-refractivity contribution in [1.82, 2.24) is 0 Å². The lowest BCUT2D eigenvalue weighted by molar-refractivity contribution is 0.303. The molecule has 0 amide bonds. The Kier molecular flexibility index (Phi) is 9.40. The first-order chi connectivity index (χ1) is 17.1. The van der Waals surface area contributed by atoms with Crippen LogP contribution in [0, 0.1) is 23.5 Å². The van der Waals surface area contributed by atoms with Gasteiger partial charge in [0.1, 0.15) is 0 Å². The van der Waals surface area contributed by atoms with E-state index in [0.717, 1.165) is 43.9 Å². The fourth-order valence-electron chi connectivity index (χ4n) is 6.38. The second-order valence-electron chi connectivity index (χ2n) is 10.9. The van der Waals surface area contributed by atoms with Crippen LogP contribution in [0.25, 0.3) is 0 Å². The van der Waals surface area contributed by atoms with Gasteiger partial charge in [-0.25, -0.2) is 4.39 Å². The van der Waals surface area contributed by atoms with Crippen molar-refractivity contribution in [2.75, 3.05) is 0 Å². The highest BCUT2D eigenvalue weighted by Crippen LogP contribution is 2.40. The Labute approximate surface area is 211 Å². The van der Waals surface area contributed by atoms with Crippen molar-refractivity contribution in [2.24, 2.45) is 11.8 Å². The summed E-state index contributed by atoms with van der Waals surface area (Å²) in [6.45, 7) is 4.08. The van der Waals surface area contributed by atoms with Crippen molar-refractivity contribution in [1.29, 1.82) is 0 Å². The van der Waals surface area contributed by atoms with Crippen LogP contribution in [0.15, 0.2) is 48.7 Å². The molecule has 1 nitrogen and oxygen atoms in total. The zero-order valence-electron chi connectivity index (χ0n) is 21.6. The molecule has 0 aliphatic heterocycles.